The van der Waals surface area contributed by atoms with E-state index in [0.29, 0.717) is 0 Å². The first kappa shape index (κ1) is 22.0. The molecule has 0 bridgehead atoms. The van der Waals surface area contributed by atoms with Gasteiger partial charge in [0.15, 0.2) is 4.75 Å². The van der Waals surface area contributed by atoms with Gasteiger partial charge in [-0.2, -0.15) is 8.42 Å². The molecule has 0 saturated heterocycles. The Bertz CT molecular complexity index is 1200. The molecule has 0 aliphatic rings. The fraction of sp³-hybridized carbons (Fsp3) is 0.0526. The molecule has 3 N–H and O–H groups in total. The second kappa shape index (κ2) is 7.87. The van der Waals surface area contributed by atoms with E-state index in [1.54, 1.807) is 0 Å². The molecule has 0 radical (unpaired) electrons. The first-order chi connectivity index (χ1) is 13.5. The van der Waals surface area contributed by atoms with Crippen LogP contribution in [-0.4, -0.2) is 23.2 Å². The highest BCUT2D eigenvalue weighted by Crippen LogP contribution is 2.50. The van der Waals surface area contributed by atoms with Crippen LogP contribution >= 0.6 is 46.4 Å². The molecule has 0 spiro atoms. The van der Waals surface area contributed by atoms with Crippen LogP contribution in [0.1, 0.15) is 16.7 Å². The summed E-state index contributed by atoms with van der Waals surface area (Å²) in [5.74, 6) is -0.538. The first-order valence-electron chi connectivity index (χ1n) is 7.89. The number of aromatic hydroxyl groups is 2. The summed E-state index contributed by atoms with van der Waals surface area (Å²) >= 11 is 24.4. The summed E-state index contributed by atoms with van der Waals surface area (Å²) in [6.45, 7) is 0. The van der Waals surface area contributed by atoms with Crippen LogP contribution in [0.25, 0.3) is 0 Å². The van der Waals surface area contributed by atoms with Gasteiger partial charge in [-0.05, 0) is 41.5 Å². The van der Waals surface area contributed by atoms with Crippen LogP contribution in [-0.2, 0) is 14.9 Å². The standard InChI is InChI=1S/C19H12Cl4O5S/c20-14-7-3-11(9-16(14)25)19(29(26,27)28,10-1-4-12(24)5-2-10)13-6-8-15(21)18(23)17(13)22/h1-9,24-25H,(H,26,27,28). The van der Waals surface area contributed by atoms with Crippen molar-refractivity contribution in [1.29, 1.82) is 0 Å². The molecule has 0 amide bonds. The lowest BCUT2D eigenvalue weighted by molar-refractivity contribution is 0.455. The molecule has 29 heavy (non-hydrogen) atoms. The maximum absolute atomic E-state index is 12.9. The lowest BCUT2D eigenvalue weighted by Gasteiger charge is -2.33. The van der Waals surface area contributed by atoms with E-state index in [1.807, 2.05) is 0 Å². The molecule has 0 heterocycles. The van der Waals surface area contributed by atoms with Gasteiger partial charge in [-0.1, -0.05) is 70.7 Å². The lowest BCUT2D eigenvalue weighted by Crippen LogP contribution is -2.38. The predicted molar refractivity (Wildman–Crippen MR) is 114 cm³/mol. The van der Waals surface area contributed by atoms with E-state index < -0.39 is 20.6 Å². The molecular weight excluding hydrogens is 482 g/mol. The van der Waals surface area contributed by atoms with Crippen molar-refractivity contribution in [3.63, 3.8) is 0 Å². The Labute approximate surface area is 186 Å². The molecule has 3 aromatic carbocycles. The van der Waals surface area contributed by atoms with E-state index in [-0.39, 0.29) is 42.5 Å². The van der Waals surface area contributed by atoms with Crippen molar-refractivity contribution >= 4 is 56.5 Å². The molecule has 3 aromatic rings. The zero-order valence-electron chi connectivity index (χ0n) is 14.3. The minimum atomic E-state index is -5.00. The van der Waals surface area contributed by atoms with Gasteiger partial charge in [0.2, 0.25) is 0 Å². The zero-order valence-corrected chi connectivity index (χ0v) is 18.1. The molecule has 3 rings (SSSR count). The maximum Gasteiger partial charge on any atom is 0.283 e. The third-order valence-corrected chi connectivity index (χ3v) is 7.51. The van der Waals surface area contributed by atoms with Crippen LogP contribution in [0.3, 0.4) is 0 Å². The Hall–Kier alpha value is -1.67. The van der Waals surface area contributed by atoms with Crippen molar-refractivity contribution in [2.45, 2.75) is 4.75 Å². The first-order valence-corrected chi connectivity index (χ1v) is 10.8. The number of hydrogen-bond acceptors (Lipinski definition) is 4. The normalized spacial score (nSPS) is 13.8. The predicted octanol–water partition coefficient (Wildman–Crippen LogP) is 5.89. The molecule has 0 aliphatic heterocycles. The van der Waals surface area contributed by atoms with E-state index in [9.17, 15) is 23.2 Å². The van der Waals surface area contributed by atoms with Gasteiger partial charge in [-0.25, -0.2) is 0 Å². The smallest absolute Gasteiger partial charge is 0.283 e. The van der Waals surface area contributed by atoms with E-state index in [1.165, 1.54) is 48.5 Å². The van der Waals surface area contributed by atoms with Crippen LogP contribution in [0.15, 0.2) is 54.6 Å². The van der Waals surface area contributed by atoms with Gasteiger partial charge in [-0.3, -0.25) is 4.55 Å². The number of phenols is 2. The van der Waals surface area contributed by atoms with Crippen molar-refractivity contribution in [2.75, 3.05) is 0 Å². The van der Waals surface area contributed by atoms with E-state index in [0.717, 1.165) is 6.07 Å². The summed E-state index contributed by atoms with van der Waals surface area (Å²) < 4.78 is 34.0. The molecular formula is C19H12Cl4O5S. The SMILES string of the molecule is O=S(=O)(O)C(c1ccc(O)cc1)(c1ccc(Cl)c(O)c1)c1ccc(Cl)c(Cl)c1Cl. The Balaban J connectivity index is 2.56. The third kappa shape index (κ3) is 3.65. The Morgan fingerprint density at radius 3 is 1.83 bits per heavy atom. The number of benzene rings is 3. The molecule has 0 fully saturated rings. The van der Waals surface area contributed by atoms with Gasteiger partial charge < -0.3 is 10.2 Å². The summed E-state index contributed by atoms with van der Waals surface area (Å²) in [4.78, 5) is 0. The lowest BCUT2D eigenvalue weighted by atomic mass is 9.83. The van der Waals surface area contributed by atoms with Crippen LogP contribution < -0.4 is 0 Å². The Kier molecular flexibility index (Phi) is 5.98. The minimum absolute atomic E-state index is 0.0241. The van der Waals surface area contributed by atoms with Crippen LogP contribution in [0.5, 0.6) is 11.5 Å². The van der Waals surface area contributed by atoms with E-state index >= 15 is 0 Å². The molecule has 0 saturated carbocycles. The monoisotopic (exact) mass is 492 g/mol. The van der Waals surface area contributed by atoms with Crippen molar-refractivity contribution in [3.8, 4) is 11.5 Å². The van der Waals surface area contributed by atoms with Crippen LogP contribution in [0.2, 0.25) is 20.1 Å². The molecule has 1 atom stereocenters. The fourth-order valence-electron chi connectivity index (χ4n) is 3.14. The number of rotatable bonds is 4. The van der Waals surface area contributed by atoms with Crippen molar-refractivity contribution in [3.05, 3.63) is 91.4 Å². The fourth-order valence-corrected chi connectivity index (χ4v) is 5.30. The van der Waals surface area contributed by atoms with E-state index in [2.05, 4.69) is 0 Å². The van der Waals surface area contributed by atoms with Crippen molar-refractivity contribution < 1.29 is 23.2 Å². The summed E-state index contributed by atoms with van der Waals surface area (Å²) in [5, 5.41) is 19.5. The van der Waals surface area contributed by atoms with Crippen LogP contribution in [0.4, 0.5) is 0 Å². The van der Waals surface area contributed by atoms with Gasteiger partial charge >= 0.3 is 0 Å². The van der Waals surface area contributed by atoms with Gasteiger partial charge in [-0.15, -0.1) is 0 Å². The summed E-state index contributed by atoms with van der Waals surface area (Å²) in [7, 11) is -5.00. The zero-order chi connectivity index (χ0) is 21.6. The molecule has 0 aromatic heterocycles. The molecule has 10 heteroatoms. The van der Waals surface area contributed by atoms with Gasteiger partial charge in [0.05, 0.1) is 20.1 Å². The number of hydrogen-bond donors (Lipinski definition) is 3. The van der Waals surface area contributed by atoms with E-state index in [4.69, 9.17) is 46.4 Å². The topological polar surface area (TPSA) is 94.8 Å². The second-order valence-corrected chi connectivity index (χ2v) is 9.23. The highest BCUT2D eigenvalue weighted by molar-refractivity contribution is 7.87. The largest absolute Gasteiger partial charge is 0.508 e. The summed E-state index contributed by atoms with van der Waals surface area (Å²) in [6, 6.07) is 11.4. The number of halogens is 4. The molecule has 0 aliphatic carbocycles. The third-order valence-electron chi connectivity index (χ3n) is 4.43. The van der Waals surface area contributed by atoms with Gasteiger partial charge in [0.1, 0.15) is 11.5 Å². The van der Waals surface area contributed by atoms with Crippen molar-refractivity contribution in [2.24, 2.45) is 0 Å². The summed E-state index contributed by atoms with van der Waals surface area (Å²) in [5.41, 5.74) is -0.142. The van der Waals surface area contributed by atoms with Gasteiger partial charge in [0.25, 0.3) is 10.1 Å². The highest BCUT2D eigenvalue weighted by Gasteiger charge is 2.50. The average Bonchev–Trinajstić information content (AvgIpc) is 2.65. The molecule has 5 nitrogen and oxygen atoms in total. The Morgan fingerprint density at radius 1 is 0.724 bits per heavy atom. The van der Waals surface area contributed by atoms with Crippen LogP contribution in [0, 0.1) is 0 Å². The molecule has 152 valence electrons. The Morgan fingerprint density at radius 2 is 1.28 bits per heavy atom. The van der Waals surface area contributed by atoms with Crippen molar-refractivity contribution in [1.82, 2.24) is 0 Å². The highest BCUT2D eigenvalue weighted by atomic mass is 35.5. The second-order valence-electron chi connectivity index (χ2n) is 6.09. The quantitative estimate of drug-likeness (QED) is 0.239. The average molecular weight is 494 g/mol. The summed E-state index contributed by atoms with van der Waals surface area (Å²) in [6.07, 6.45) is 0. The molecule has 1 unspecified atom stereocenters. The maximum atomic E-state index is 12.9. The minimum Gasteiger partial charge on any atom is -0.508 e. The number of phenolic OH excluding ortho intramolecular Hbond substituents is 2. The van der Waals surface area contributed by atoms with Gasteiger partial charge in [0, 0.05) is 5.56 Å².